The van der Waals surface area contributed by atoms with Crippen molar-refractivity contribution in [2.75, 3.05) is 13.6 Å². The zero-order chi connectivity index (χ0) is 13.2. The molecule has 2 rings (SSSR count). The number of rotatable bonds is 5. The summed E-state index contributed by atoms with van der Waals surface area (Å²) in [5.74, 6) is 0.0258. The quantitative estimate of drug-likeness (QED) is 0.874. The van der Waals surface area contributed by atoms with E-state index >= 15 is 0 Å². The molecule has 0 radical (unpaired) electrons. The summed E-state index contributed by atoms with van der Waals surface area (Å²) < 4.78 is 0. The highest BCUT2D eigenvalue weighted by Gasteiger charge is 2.48. The second kappa shape index (κ2) is 6.80. The molecule has 0 saturated heterocycles. The van der Waals surface area contributed by atoms with Crippen LogP contribution in [0.15, 0.2) is 18.2 Å². The molecule has 1 amide bonds. The van der Waals surface area contributed by atoms with Gasteiger partial charge in [0.1, 0.15) is 0 Å². The van der Waals surface area contributed by atoms with E-state index in [1.54, 1.807) is 0 Å². The number of benzene rings is 1. The first-order valence-electron chi connectivity index (χ1n) is 5.99. The van der Waals surface area contributed by atoms with Gasteiger partial charge in [-0.1, -0.05) is 29.3 Å². The minimum absolute atomic E-state index is 0. The van der Waals surface area contributed by atoms with Gasteiger partial charge in [-0.2, -0.15) is 0 Å². The Kier molecular flexibility index (Phi) is 5.93. The van der Waals surface area contributed by atoms with Crippen molar-refractivity contribution in [3.05, 3.63) is 33.8 Å². The van der Waals surface area contributed by atoms with Crippen molar-refractivity contribution in [1.82, 2.24) is 10.6 Å². The van der Waals surface area contributed by atoms with Gasteiger partial charge in [0.15, 0.2) is 0 Å². The third-order valence-corrected chi connectivity index (χ3v) is 3.80. The Morgan fingerprint density at radius 2 is 1.89 bits per heavy atom. The lowest BCUT2D eigenvalue weighted by Crippen LogP contribution is -2.36. The average molecular weight is 324 g/mol. The minimum atomic E-state index is -0.347. The lowest BCUT2D eigenvalue weighted by molar-refractivity contribution is -0.122. The summed E-state index contributed by atoms with van der Waals surface area (Å²) in [6.07, 6.45) is 2.24. The Balaban J connectivity index is 0.00000180. The molecule has 19 heavy (non-hydrogen) atoms. The normalized spacial score (nSPS) is 15.5. The summed E-state index contributed by atoms with van der Waals surface area (Å²) in [7, 11) is 1.82. The van der Waals surface area contributed by atoms with Crippen molar-refractivity contribution < 1.29 is 4.79 Å². The zero-order valence-corrected chi connectivity index (χ0v) is 13.0. The van der Waals surface area contributed by atoms with Gasteiger partial charge in [0.2, 0.25) is 5.91 Å². The van der Waals surface area contributed by atoms with Crippen molar-refractivity contribution >= 4 is 41.5 Å². The average Bonchev–Trinajstić information content (AvgIpc) is 3.06. The molecule has 0 heterocycles. The third-order valence-electron chi connectivity index (χ3n) is 3.17. The Morgan fingerprint density at radius 3 is 2.37 bits per heavy atom. The number of hydrogen-bond donors (Lipinski definition) is 2. The van der Waals surface area contributed by atoms with E-state index in [4.69, 9.17) is 23.2 Å². The number of halogens is 3. The number of hydrogen-bond acceptors (Lipinski definition) is 2. The highest BCUT2D eigenvalue weighted by atomic mass is 35.5. The Hall–Kier alpha value is -0.480. The molecule has 1 fully saturated rings. The van der Waals surface area contributed by atoms with Gasteiger partial charge in [0, 0.05) is 28.6 Å². The van der Waals surface area contributed by atoms with Crippen molar-refractivity contribution in [2.24, 2.45) is 0 Å². The summed E-state index contributed by atoms with van der Waals surface area (Å²) in [4.78, 5) is 11.8. The van der Waals surface area contributed by atoms with Gasteiger partial charge in [-0.25, -0.2) is 0 Å². The Labute approximate surface area is 129 Å². The molecule has 1 aromatic carbocycles. The second-order valence-corrected chi connectivity index (χ2v) is 5.39. The molecule has 0 unspecified atom stereocenters. The molecule has 0 aliphatic heterocycles. The van der Waals surface area contributed by atoms with E-state index in [1.165, 1.54) is 0 Å². The standard InChI is InChI=1S/C13H16Cl2N2O.ClH/c1-16-8-5-11(18)17-13(6-7-13)12-9(14)3-2-4-10(12)15;/h2-4,16H,5-8H2,1H3,(H,17,18);1H. The molecular formula is C13H17Cl3N2O. The van der Waals surface area contributed by atoms with E-state index in [1.807, 2.05) is 25.2 Å². The van der Waals surface area contributed by atoms with Gasteiger partial charge in [-0.15, -0.1) is 12.4 Å². The fourth-order valence-corrected chi connectivity index (χ4v) is 2.84. The van der Waals surface area contributed by atoms with Crippen LogP contribution in [-0.2, 0) is 10.3 Å². The van der Waals surface area contributed by atoms with Crippen LogP contribution in [0, 0.1) is 0 Å². The van der Waals surface area contributed by atoms with Crippen LogP contribution in [0.2, 0.25) is 10.0 Å². The largest absolute Gasteiger partial charge is 0.346 e. The molecule has 1 aromatic rings. The van der Waals surface area contributed by atoms with Gasteiger partial charge in [-0.05, 0) is 32.0 Å². The van der Waals surface area contributed by atoms with E-state index < -0.39 is 0 Å². The first-order valence-corrected chi connectivity index (χ1v) is 6.75. The molecule has 0 spiro atoms. The maximum absolute atomic E-state index is 11.8. The lowest BCUT2D eigenvalue weighted by atomic mass is 10.0. The predicted octanol–water partition coefficient (Wildman–Crippen LogP) is 3.13. The van der Waals surface area contributed by atoms with E-state index in [-0.39, 0.29) is 23.9 Å². The van der Waals surface area contributed by atoms with Crippen LogP contribution in [0.5, 0.6) is 0 Å². The van der Waals surface area contributed by atoms with Crippen LogP contribution in [-0.4, -0.2) is 19.5 Å². The van der Waals surface area contributed by atoms with E-state index in [2.05, 4.69) is 10.6 Å². The second-order valence-electron chi connectivity index (χ2n) is 4.58. The molecule has 3 nitrogen and oxygen atoms in total. The Morgan fingerprint density at radius 1 is 1.32 bits per heavy atom. The number of amides is 1. The van der Waals surface area contributed by atoms with E-state index in [9.17, 15) is 4.79 Å². The topological polar surface area (TPSA) is 41.1 Å². The first kappa shape index (κ1) is 16.6. The molecule has 1 aliphatic rings. The van der Waals surface area contributed by atoms with Crippen LogP contribution in [0.4, 0.5) is 0 Å². The molecule has 0 aromatic heterocycles. The fraction of sp³-hybridized carbons (Fsp3) is 0.462. The maximum Gasteiger partial charge on any atom is 0.221 e. The monoisotopic (exact) mass is 322 g/mol. The van der Waals surface area contributed by atoms with Gasteiger partial charge in [-0.3, -0.25) is 4.79 Å². The highest BCUT2D eigenvalue weighted by Crippen LogP contribution is 2.50. The van der Waals surface area contributed by atoms with Crippen molar-refractivity contribution in [2.45, 2.75) is 24.8 Å². The SMILES string of the molecule is CNCCC(=O)NC1(c2c(Cl)cccc2Cl)CC1.Cl. The van der Waals surface area contributed by atoms with Crippen molar-refractivity contribution in [3.63, 3.8) is 0 Å². The van der Waals surface area contributed by atoms with Crippen LogP contribution < -0.4 is 10.6 Å². The van der Waals surface area contributed by atoms with Crippen molar-refractivity contribution in [1.29, 1.82) is 0 Å². The number of nitrogens with one attached hydrogen (secondary N) is 2. The molecule has 1 aliphatic carbocycles. The van der Waals surface area contributed by atoms with Crippen molar-refractivity contribution in [3.8, 4) is 0 Å². The maximum atomic E-state index is 11.8. The summed E-state index contributed by atoms with van der Waals surface area (Å²) in [6.45, 7) is 0.665. The van der Waals surface area contributed by atoms with Crippen LogP contribution in [0.3, 0.4) is 0 Å². The van der Waals surface area contributed by atoms with Gasteiger partial charge in [0.05, 0.1) is 5.54 Å². The predicted molar refractivity (Wildman–Crippen MR) is 81.3 cm³/mol. The smallest absolute Gasteiger partial charge is 0.221 e. The lowest BCUT2D eigenvalue weighted by Gasteiger charge is -2.20. The Bertz CT molecular complexity index is 441. The molecular weight excluding hydrogens is 307 g/mol. The molecule has 1 saturated carbocycles. The molecule has 2 N–H and O–H groups in total. The third kappa shape index (κ3) is 3.76. The first-order chi connectivity index (χ1) is 8.59. The zero-order valence-electron chi connectivity index (χ0n) is 10.6. The van der Waals surface area contributed by atoms with Gasteiger partial charge >= 0.3 is 0 Å². The summed E-state index contributed by atoms with van der Waals surface area (Å²) in [6, 6.07) is 5.43. The molecule has 0 atom stereocenters. The summed E-state index contributed by atoms with van der Waals surface area (Å²) in [5.41, 5.74) is 0.506. The van der Waals surface area contributed by atoms with Gasteiger partial charge < -0.3 is 10.6 Å². The van der Waals surface area contributed by atoms with Gasteiger partial charge in [0.25, 0.3) is 0 Å². The summed E-state index contributed by atoms with van der Waals surface area (Å²) >= 11 is 12.4. The van der Waals surface area contributed by atoms with Crippen LogP contribution >= 0.6 is 35.6 Å². The van der Waals surface area contributed by atoms with E-state index in [0.717, 1.165) is 18.4 Å². The fourth-order valence-electron chi connectivity index (χ4n) is 2.09. The summed E-state index contributed by atoms with van der Waals surface area (Å²) in [5, 5.41) is 7.25. The molecule has 106 valence electrons. The number of carbonyl (C=O) groups excluding carboxylic acids is 1. The molecule has 6 heteroatoms. The minimum Gasteiger partial charge on any atom is -0.346 e. The van der Waals surface area contributed by atoms with E-state index in [0.29, 0.717) is 23.0 Å². The number of carbonyl (C=O) groups is 1. The highest BCUT2D eigenvalue weighted by molar-refractivity contribution is 6.36. The molecule has 0 bridgehead atoms. The van der Waals surface area contributed by atoms with Crippen LogP contribution in [0.1, 0.15) is 24.8 Å². The van der Waals surface area contributed by atoms with Crippen LogP contribution in [0.25, 0.3) is 0 Å².